The van der Waals surface area contributed by atoms with E-state index in [9.17, 15) is 9.59 Å². The molecule has 3 heterocycles. The van der Waals surface area contributed by atoms with Crippen molar-refractivity contribution in [2.75, 3.05) is 43.4 Å². The zero-order valence-electron chi connectivity index (χ0n) is 19.7. The first-order valence-corrected chi connectivity index (χ1v) is 13.4. The molecule has 0 spiro atoms. The summed E-state index contributed by atoms with van der Waals surface area (Å²) < 4.78 is 0. The lowest BCUT2D eigenvalue weighted by molar-refractivity contribution is 0.0604. The Hall–Kier alpha value is -3.32. The molecule has 0 radical (unpaired) electrons. The Morgan fingerprint density at radius 1 is 0.771 bits per heavy atom. The first-order valence-electron chi connectivity index (χ1n) is 12.4. The Balaban J connectivity index is 1.26. The van der Waals surface area contributed by atoms with Crippen LogP contribution in [0.5, 0.6) is 0 Å². The molecule has 0 N–H and O–H groups in total. The van der Waals surface area contributed by atoms with E-state index in [2.05, 4.69) is 21.9 Å². The summed E-state index contributed by atoms with van der Waals surface area (Å²) in [6, 6.07) is 19.7. The second-order valence-electron chi connectivity index (χ2n) is 9.24. The van der Waals surface area contributed by atoms with Crippen LogP contribution >= 0.6 is 11.8 Å². The van der Waals surface area contributed by atoms with E-state index in [0.29, 0.717) is 24.2 Å². The molecule has 2 saturated heterocycles. The molecule has 0 aromatic heterocycles. The van der Waals surface area contributed by atoms with Crippen LogP contribution in [0, 0.1) is 0 Å². The Morgan fingerprint density at radius 2 is 1.54 bits per heavy atom. The maximum absolute atomic E-state index is 13.5. The largest absolute Gasteiger partial charge is 0.371 e. The van der Waals surface area contributed by atoms with Crippen LogP contribution in [-0.2, 0) is 0 Å². The van der Waals surface area contributed by atoms with Gasteiger partial charge in [-0.15, -0.1) is 0 Å². The van der Waals surface area contributed by atoms with E-state index in [-0.39, 0.29) is 11.8 Å². The molecule has 0 unspecified atom stereocenters. The van der Waals surface area contributed by atoms with Gasteiger partial charge in [-0.05, 0) is 49.6 Å². The predicted molar refractivity (Wildman–Crippen MR) is 143 cm³/mol. The number of aliphatic imine (C=N–C) groups is 1. The third kappa shape index (κ3) is 4.08. The van der Waals surface area contributed by atoms with E-state index in [4.69, 9.17) is 4.99 Å². The third-order valence-electron chi connectivity index (χ3n) is 7.10. The van der Waals surface area contributed by atoms with Gasteiger partial charge in [0.1, 0.15) is 0 Å². The van der Waals surface area contributed by atoms with Gasteiger partial charge in [0.05, 0.1) is 5.69 Å². The number of thioether (sulfide) groups is 1. The minimum absolute atomic E-state index is 0.197. The second kappa shape index (κ2) is 9.38. The van der Waals surface area contributed by atoms with Crippen molar-refractivity contribution in [2.24, 2.45) is 4.99 Å². The van der Waals surface area contributed by atoms with Gasteiger partial charge in [-0.25, -0.2) is 4.99 Å². The van der Waals surface area contributed by atoms with Gasteiger partial charge in [-0.3, -0.25) is 14.5 Å². The summed E-state index contributed by atoms with van der Waals surface area (Å²) in [4.78, 5) is 37.8. The number of amides is 2. The quantitative estimate of drug-likeness (QED) is 0.468. The van der Waals surface area contributed by atoms with E-state index in [1.807, 2.05) is 48.5 Å². The molecular weight excluding hydrogens is 456 g/mol. The Labute approximate surface area is 209 Å². The Morgan fingerprint density at radius 3 is 2.34 bits per heavy atom. The van der Waals surface area contributed by atoms with Crippen molar-refractivity contribution >= 4 is 50.9 Å². The number of piperidine rings is 1. The van der Waals surface area contributed by atoms with Crippen molar-refractivity contribution in [1.82, 2.24) is 9.80 Å². The topological polar surface area (TPSA) is 56.2 Å². The lowest BCUT2D eigenvalue weighted by Gasteiger charge is -2.33. The molecule has 6 rings (SSSR count). The fourth-order valence-electron chi connectivity index (χ4n) is 5.32. The fraction of sp³-hybridized carbons (Fsp3) is 0.321. The number of nitrogens with zero attached hydrogens (tertiary/aromatic N) is 4. The van der Waals surface area contributed by atoms with Crippen LogP contribution in [0.1, 0.15) is 40.0 Å². The minimum atomic E-state index is -0.197. The van der Waals surface area contributed by atoms with Crippen molar-refractivity contribution in [1.29, 1.82) is 0 Å². The molecule has 3 aliphatic rings. The van der Waals surface area contributed by atoms with Crippen molar-refractivity contribution in [3.63, 3.8) is 0 Å². The van der Waals surface area contributed by atoms with Gasteiger partial charge in [0.2, 0.25) is 0 Å². The molecule has 0 atom stereocenters. The molecule has 7 heteroatoms. The number of hydrogen-bond acceptors (Lipinski definition) is 5. The highest BCUT2D eigenvalue weighted by Gasteiger charge is 2.34. The molecule has 0 aliphatic carbocycles. The lowest BCUT2D eigenvalue weighted by Crippen LogP contribution is -2.45. The molecular formula is C28H28N4O2S. The maximum Gasteiger partial charge on any atom is 0.261 e. The summed E-state index contributed by atoms with van der Waals surface area (Å²) in [6.45, 7) is 3.82. The molecule has 0 bridgehead atoms. The molecule has 2 fully saturated rings. The number of carbonyl (C=O) groups is 2. The number of imide groups is 1. The first kappa shape index (κ1) is 22.2. The summed E-state index contributed by atoms with van der Waals surface area (Å²) >= 11 is 1.72. The molecule has 178 valence electrons. The lowest BCUT2D eigenvalue weighted by atomic mass is 9.92. The first-order chi connectivity index (χ1) is 17.2. The van der Waals surface area contributed by atoms with Crippen molar-refractivity contribution in [2.45, 2.75) is 19.3 Å². The smallest absolute Gasteiger partial charge is 0.261 e. The zero-order chi connectivity index (χ0) is 23.8. The number of carbonyl (C=O) groups excluding carboxylic acids is 2. The molecule has 2 amide bonds. The van der Waals surface area contributed by atoms with Crippen molar-refractivity contribution < 1.29 is 9.59 Å². The van der Waals surface area contributed by atoms with Crippen LogP contribution in [0.25, 0.3) is 10.8 Å². The Kier molecular flexibility index (Phi) is 5.94. The zero-order valence-corrected chi connectivity index (χ0v) is 20.5. The summed E-state index contributed by atoms with van der Waals surface area (Å²) in [5.41, 5.74) is 3.31. The fourth-order valence-corrected chi connectivity index (χ4v) is 6.35. The normalized spacial score (nSPS) is 19.3. The van der Waals surface area contributed by atoms with Gasteiger partial charge in [0.15, 0.2) is 5.17 Å². The van der Waals surface area contributed by atoms with E-state index in [1.54, 1.807) is 11.8 Å². The summed E-state index contributed by atoms with van der Waals surface area (Å²) in [5.74, 6) is 0.559. The van der Waals surface area contributed by atoms with Crippen molar-refractivity contribution in [3.05, 3.63) is 71.8 Å². The van der Waals surface area contributed by atoms with Gasteiger partial charge in [-0.2, -0.15) is 0 Å². The molecule has 35 heavy (non-hydrogen) atoms. The number of rotatable bonds is 5. The maximum atomic E-state index is 13.5. The third-order valence-corrected chi connectivity index (χ3v) is 8.10. The van der Waals surface area contributed by atoms with E-state index in [1.165, 1.54) is 24.2 Å². The number of hydrogen-bond donors (Lipinski definition) is 0. The highest BCUT2D eigenvalue weighted by molar-refractivity contribution is 8.14. The molecule has 3 aliphatic heterocycles. The monoisotopic (exact) mass is 484 g/mol. The number of anilines is 1. The van der Waals surface area contributed by atoms with E-state index < -0.39 is 0 Å². The van der Waals surface area contributed by atoms with Crippen molar-refractivity contribution in [3.8, 4) is 0 Å². The average Bonchev–Trinajstić information content (AvgIpc) is 3.34. The highest BCUT2D eigenvalue weighted by atomic mass is 32.2. The number of para-hydroxylation sites is 1. The predicted octanol–water partition coefficient (Wildman–Crippen LogP) is 5.16. The number of benzene rings is 3. The SMILES string of the molecule is O=C1c2cccc3c(N4CCCCC4)ccc(c23)C(=O)N1CCN1CCSC1=Nc1ccccc1. The number of amidine groups is 1. The van der Waals surface area contributed by atoms with Crippen LogP contribution in [-0.4, -0.2) is 65.3 Å². The molecule has 0 saturated carbocycles. The van der Waals surface area contributed by atoms with Gasteiger partial charge < -0.3 is 9.80 Å². The minimum Gasteiger partial charge on any atom is -0.371 e. The van der Waals surface area contributed by atoms with Crippen LogP contribution in [0.4, 0.5) is 11.4 Å². The van der Waals surface area contributed by atoms with Gasteiger partial charge >= 0.3 is 0 Å². The summed E-state index contributed by atoms with van der Waals surface area (Å²) in [6.07, 6.45) is 3.62. The highest BCUT2D eigenvalue weighted by Crippen LogP contribution is 2.37. The molecule has 3 aromatic rings. The standard InChI is InChI=1S/C28H28N4O2S/c33-26-22-11-7-10-21-24(30-14-5-2-6-15-30)13-12-23(25(21)22)27(34)32(26)17-16-31-18-19-35-28(31)29-20-8-3-1-4-9-20/h1,3-4,7-13H,2,5-6,14-19H2. The molecule has 3 aromatic carbocycles. The van der Waals surface area contributed by atoms with Gasteiger partial charge in [0, 0.05) is 66.1 Å². The summed E-state index contributed by atoms with van der Waals surface area (Å²) in [5, 5.41) is 2.77. The van der Waals surface area contributed by atoms with Gasteiger partial charge in [-0.1, -0.05) is 42.1 Å². The van der Waals surface area contributed by atoms with E-state index >= 15 is 0 Å². The average molecular weight is 485 g/mol. The Bertz CT molecular complexity index is 1300. The molecule has 6 nitrogen and oxygen atoms in total. The van der Waals surface area contributed by atoms with Gasteiger partial charge in [0.25, 0.3) is 11.8 Å². The van der Waals surface area contributed by atoms with Crippen LogP contribution in [0.15, 0.2) is 65.7 Å². The summed E-state index contributed by atoms with van der Waals surface area (Å²) in [7, 11) is 0. The second-order valence-corrected chi connectivity index (χ2v) is 10.3. The van der Waals surface area contributed by atoms with Crippen LogP contribution in [0.3, 0.4) is 0 Å². The van der Waals surface area contributed by atoms with E-state index in [0.717, 1.165) is 52.7 Å². The van der Waals surface area contributed by atoms with Crippen LogP contribution < -0.4 is 4.90 Å². The van der Waals surface area contributed by atoms with Crippen LogP contribution in [0.2, 0.25) is 0 Å².